The molecule has 0 radical (unpaired) electrons. The first-order chi connectivity index (χ1) is 15.4. The maximum absolute atomic E-state index is 12.7. The Morgan fingerprint density at radius 2 is 2.12 bits per heavy atom. The van der Waals surface area contributed by atoms with Gasteiger partial charge in [0.2, 0.25) is 5.91 Å². The molecule has 3 aromatic rings. The Morgan fingerprint density at radius 1 is 1.34 bits per heavy atom. The second-order valence-electron chi connectivity index (χ2n) is 6.85. The summed E-state index contributed by atoms with van der Waals surface area (Å²) in [5, 5.41) is 12.5. The number of thioether (sulfide) groups is 1. The minimum atomic E-state index is -0.414. The number of anilines is 1. The average molecular weight is 475 g/mol. The van der Waals surface area contributed by atoms with E-state index in [0.29, 0.717) is 34.5 Å². The molecule has 0 aliphatic heterocycles. The number of ether oxygens (including phenoxy) is 1. The van der Waals surface area contributed by atoms with Crippen LogP contribution in [0.5, 0.6) is 0 Å². The van der Waals surface area contributed by atoms with Crippen molar-refractivity contribution in [2.45, 2.75) is 45.8 Å². The van der Waals surface area contributed by atoms with Gasteiger partial charge >= 0.3 is 5.97 Å². The predicted octanol–water partition coefficient (Wildman–Crippen LogP) is 4.87. The highest BCUT2D eigenvalue weighted by molar-refractivity contribution is 7.99. The van der Waals surface area contributed by atoms with Crippen LogP contribution in [0.15, 0.2) is 34.6 Å². The molecule has 0 fully saturated rings. The first kappa shape index (κ1) is 23.8. The van der Waals surface area contributed by atoms with Gasteiger partial charge < -0.3 is 14.5 Å². The molecule has 1 N–H and O–H groups in total. The van der Waals surface area contributed by atoms with Gasteiger partial charge in [0, 0.05) is 11.4 Å². The van der Waals surface area contributed by atoms with Crippen molar-refractivity contribution in [2.75, 3.05) is 17.7 Å². The van der Waals surface area contributed by atoms with Gasteiger partial charge in [0.1, 0.15) is 10.8 Å². The van der Waals surface area contributed by atoms with E-state index in [2.05, 4.69) is 22.1 Å². The van der Waals surface area contributed by atoms with E-state index < -0.39 is 5.97 Å². The summed E-state index contributed by atoms with van der Waals surface area (Å²) < 4.78 is 12.5. The van der Waals surface area contributed by atoms with Crippen molar-refractivity contribution < 1.29 is 18.7 Å². The number of allylic oxidation sites excluding steroid dienone is 1. The fourth-order valence-electron chi connectivity index (χ4n) is 3.31. The number of rotatable bonds is 10. The Bertz CT molecular complexity index is 1130. The number of thiophene rings is 1. The van der Waals surface area contributed by atoms with E-state index in [4.69, 9.17) is 9.15 Å². The van der Waals surface area contributed by atoms with Crippen LogP contribution in [0.25, 0.3) is 11.4 Å². The second kappa shape index (κ2) is 10.6. The zero-order valence-corrected chi connectivity index (χ0v) is 20.2. The molecule has 0 aliphatic carbocycles. The molecule has 3 heterocycles. The largest absolute Gasteiger partial charge is 0.469 e. The molecule has 1 amide bonds. The Hall–Kier alpha value is -2.85. The van der Waals surface area contributed by atoms with Crippen LogP contribution in [0.3, 0.4) is 0 Å². The number of nitrogens with zero attached hydrogens (tertiary/aromatic N) is 3. The van der Waals surface area contributed by atoms with Gasteiger partial charge in [-0.2, -0.15) is 0 Å². The summed E-state index contributed by atoms with van der Waals surface area (Å²) in [7, 11) is 0. The topological polar surface area (TPSA) is 99.2 Å². The summed E-state index contributed by atoms with van der Waals surface area (Å²) in [4.78, 5) is 26.2. The van der Waals surface area contributed by atoms with E-state index in [0.717, 1.165) is 21.8 Å². The molecule has 8 nitrogen and oxygen atoms in total. The number of hydrogen-bond acceptors (Lipinski definition) is 8. The van der Waals surface area contributed by atoms with Crippen molar-refractivity contribution in [3.63, 3.8) is 0 Å². The van der Waals surface area contributed by atoms with Crippen LogP contribution >= 0.6 is 23.1 Å². The van der Waals surface area contributed by atoms with E-state index in [1.54, 1.807) is 19.3 Å². The highest BCUT2D eigenvalue weighted by atomic mass is 32.2. The zero-order valence-electron chi connectivity index (χ0n) is 18.6. The molecule has 3 aromatic heterocycles. The number of furan rings is 1. The summed E-state index contributed by atoms with van der Waals surface area (Å²) in [6, 6.07) is 1.83. The Balaban J connectivity index is 1.76. The van der Waals surface area contributed by atoms with Gasteiger partial charge in [-0.1, -0.05) is 24.8 Å². The SMILES string of the molecule is C=CCn1c(SCC(=O)Nc2sc(C)c(CC)c2C(=O)OCC)nnc1-c1ccoc1C. The van der Waals surface area contributed by atoms with Crippen LogP contribution in [0.2, 0.25) is 0 Å². The maximum atomic E-state index is 12.7. The Morgan fingerprint density at radius 3 is 2.75 bits per heavy atom. The van der Waals surface area contributed by atoms with Crippen LogP contribution in [0, 0.1) is 13.8 Å². The third-order valence-electron chi connectivity index (χ3n) is 4.76. The first-order valence-electron chi connectivity index (χ1n) is 10.2. The van der Waals surface area contributed by atoms with Crippen molar-refractivity contribution in [2.24, 2.45) is 0 Å². The summed E-state index contributed by atoms with van der Waals surface area (Å²) in [5.41, 5.74) is 2.20. The van der Waals surface area contributed by atoms with Gasteiger partial charge in [-0.25, -0.2) is 4.79 Å². The van der Waals surface area contributed by atoms with Crippen LogP contribution in [0.4, 0.5) is 5.00 Å². The highest BCUT2D eigenvalue weighted by Gasteiger charge is 2.24. The molecule has 3 rings (SSSR count). The molecule has 0 aliphatic rings. The van der Waals surface area contributed by atoms with Crippen LogP contribution in [-0.2, 0) is 22.5 Å². The molecule has 170 valence electrons. The van der Waals surface area contributed by atoms with Crippen molar-refractivity contribution >= 4 is 40.0 Å². The molecule has 32 heavy (non-hydrogen) atoms. The number of esters is 1. The number of amides is 1. The summed E-state index contributed by atoms with van der Waals surface area (Å²) in [6.45, 7) is 12.1. The van der Waals surface area contributed by atoms with Gasteiger partial charge in [0.15, 0.2) is 11.0 Å². The summed E-state index contributed by atoms with van der Waals surface area (Å²) >= 11 is 2.65. The molecule has 0 atom stereocenters. The molecule has 0 saturated heterocycles. The molecular formula is C22H26N4O4S2. The number of aromatic nitrogens is 3. The van der Waals surface area contributed by atoms with E-state index >= 15 is 0 Å². The molecular weight excluding hydrogens is 448 g/mol. The van der Waals surface area contributed by atoms with Crippen molar-refractivity contribution in [1.82, 2.24) is 14.8 Å². The first-order valence-corrected chi connectivity index (χ1v) is 12.0. The van der Waals surface area contributed by atoms with E-state index in [-0.39, 0.29) is 18.3 Å². The van der Waals surface area contributed by atoms with Crippen LogP contribution in [0.1, 0.15) is 40.4 Å². The quantitative estimate of drug-likeness (QED) is 0.254. The summed E-state index contributed by atoms with van der Waals surface area (Å²) in [5.74, 6) is 0.856. The summed E-state index contributed by atoms with van der Waals surface area (Å²) in [6.07, 6.45) is 4.03. The van der Waals surface area contributed by atoms with Gasteiger partial charge in [-0.05, 0) is 38.8 Å². The number of aryl methyl sites for hydroxylation is 2. The number of hydrogen-bond donors (Lipinski definition) is 1. The Kier molecular flexibility index (Phi) is 7.92. The van der Waals surface area contributed by atoms with E-state index in [1.807, 2.05) is 31.4 Å². The molecule has 0 spiro atoms. The van der Waals surface area contributed by atoms with E-state index in [9.17, 15) is 9.59 Å². The number of carbonyl (C=O) groups is 2. The van der Waals surface area contributed by atoms with Gasteiger partial charge in [-0.15, -0.1) is 28.1 Å². The highest BCUT2D eigenvalue weighted by Crippen LogP contribution is 2.34. The molecule has 0 unspecified atom stereocenters. The third kappa shape index (κ3) is 4.97. The fraction of sp³-hybridized carbons (Fsp3) is 0.364. The molecule has 0 saturated carbocycles. The third-order valence-corrected chi connectivity index (χ3v) is 6.79. The smallest absolute Gasteiger partial charge is 0.341 e. The van der Waals surface area contributed by atoms with Gasteiger partial charge in [0.05, 0.1) is 29.7 Å². The number of nitrogens with one attached hydrogen (secondary N) is 1. The van der Waals surface area contributed by atoms with Gasteiger partial charge in [-0.3, -0.25) is 9.36 Å². The molecule has 0 aromatic carbocycles. The lowest BCUT2D eigenvalue weighted by molar-refractivity contribution is -0.113. The minimum Gasteiger partial charge on any atom is -0.469 e. The molecule has 0 bridgehead atoms. The lowest BCUT2D eigenvalue weighted by Crippen LogP contribution is -2.17. The minimum absolute atomic E-state index is 0.111. The average Bonchev–Trinajstić information content (AvgIpc) is 3.43. The molecule has 10 heteroatoms. The standard InChI is InChI=1S/C22H26N4O4S2/c1-6-10-26-19(16-9-11-30-13(16)4)24-25-22(26)31-12-17(27)23-20-18(21(28)29-8-3)15(7-2)14(5)32-20/h6,9,11H,1,7-8,10,12H2,2-5H3,(H,23,27). The van der Waals surface area contributed by atoms with Gasteiger partial charge in [0.25, 0.3) is 0 Å². The van der Waals surface area contributed by atoms with Crippen molar-refractivity contribution in [1.29, 1.82) is 0 Å². The normalized spacial score (nSPS) is 10.9. The van der Waals surface area contributed by atoms with Crippen molar-refractivity contribution in [3.8, 4) is 11.4 Å². The monoisotopic (exact) mass is 474 g/mol. The number of carbonyl (C=O) groups excluding carboxylic acids is 2. The lowest BCUT2D eigenvalue weighted by atomic mass is 10.1. The van der Waals surface area contributed by atoms with E-state index in [1.165, 1.54) is 23.1 Å². The Labute approximate surface area is 195 Å². The van der Waals surface area contributed by atoms with Crippen LogP contribution in [-0.4, -0.2) is 39.0 Å². The van der Waals surface area contributed by atoms with Crippen LogP contribution < -0.4 is 5.32 Å². The lowest BCUT2D eigenvalue weighted by Gasteiger charge is -2.09. The predicted molar refractivity (Wildman–Crippen MR) is 126 cm³/mol. The van der Waals surface area contributed by atoms with Crippen molar-refractivity contribution in [3.05, 3.63) is 46.7 Å². The zero-order chi connectivity index (χ0) is 23.3. The maximum Gasteiger partial charge on any atom is 0.341 e. The fourth-order valence-corrected chi connectivity index (χ4v) is 5.21. The second-order valence-corrected chi connectivity index (χ2v) is 9.01.